The van der Waals surface area contributed by atoms with Gasteiger partial charge in [-0.3, -0.25) is 4.79 Å². The number of nitrogens with one attached hydrogen (secondary N) is 1. The Labute approximate surface area is 199 Å². The molecule has 5 rings (SSSR count). The lowest BCUT2D eigenvalue weighted by Gasteiger charge is -2.10. The molecule has 0 aliphatic heterocycles. The Morgan fingerprint density at radius 1 is 1.06 bits per heavy atom. The van der Waals surface area contributed by atoms with Crippen molar-refractivity contribution in [2.45, 2.75) is 24.1 Å². The Bertz CT molecular complexity index is 1430. The second-order valence-electron chi connectivity index (χ2n) is 7.73. The molecular formula is C25H20N4O4S. The number of rotatable bonds is 6. The second-order valence-corrected chi connectivity index (χ2v) is 9.06. The van der Waals surface area contributed by atoms with Gasteiger partial charge < -0.3 is 19.4 Å². The number of aromatic nitrogens is 3. The van der Waals surface area contributed by atoms with Crippen LogP contribution in [0, 0.1) is 6.92 Å². The van der Waals surface area contributed by atoms with Crippen LogP contribution in [0.25, 0.3) is 28.2 Å². The molecule has 0 aliphatic rings. The molecule has 0 aliphatic carbocycles. The average Bonchev–Trinajstić information content (AvgIpc) is 3.44. The van der Waals surface area contributed by atoms with Crippen LogP contribution in [0.2, 0.25) is 0 Å². The first-order chi connectivity index (χ1) is 16.5. The smallest absolute Gasteiger partial charge is 0.298 e. The summed E-state index contributed by atoms with van der Waals surface area (Å²) < 4.78 is 12.0. The molecule has 34 heavy (non-hydrogen) atoms. The molecule has 0 fully saturated rings. The maximum Gasteiger partial charge on any atom is 0.298 e. The Morgan fingerprint density at radius 3 is 2.53 bits per heavy atom. The highest BCUT2D eigenvalue weighted by Gasteiger charge is 2.26. The minimum Gasteiger partial charge on any atom is -0.538 e. The van der Waals surface area contributed by atoms with Gasteiger partial charge in [-0.2, -0.15) is 0 Å². The Hall–Kier alpha value is -4.11. The van der Waals surface area contributed by atoms with Gasteiger partial charge in [0.2, 0.25) is 17.5 Å². The van der Waals surface area contributed by atoms with E-state index in [-0.39, 0.29) is 10.9 Å². The number of benzene rings is 3. The predicted molar refractivity (Wildman–Crippen MR) is 126 cm³/mol. The fourth-order valence-corrected chi connectivity index (χ4v) is 4.22. The van der Waals surface area contributed by atoms with Crippen LogP contribution in [0.5, 0.6) is 5.95 Å². The van der Waals surface area contributed by atoms with Gasteiger partial charge in [-0.1, -0.05) is 29.8 Å². The summed E-state index contributed by atoms with van der Waals surface area (Å²) in [6, 6.07) is 22.3. The van der Waals surface area contributed by atoms with Gasteiger partial charge in [0.15, 0.2) is 11.5 Å². The third-order valence-corrected chi connectivity index (χ3v) is 6.33. The topological polar surface area (TPSA) is 108 Å². The minimum atomic E-state index is -0.590. The molecule has 0 radical (unpaired) electrons. The van der Waals surface area contributed by atoms with E-state index in [9.17, 15) is 9.90 Å². The molecule has 0 saturated heterocycles. The van der Waals surface area contributed by atoms with Gasteiger partial charge in [-0.05, 0) is 66.7 Å². The zero-order chi connectivity index (χ0) is 23.7. The van der Waals surface area contributed by atoms with E-state index in [0.717, 1.165) is 34.0 Å². The van der Waals surface area contributed by atoms with E-state index in [1.54, 1.807) is 19.1 Å². The standard InChI is InChI=1S/C25H20N4O4S/c1-15-7-13-19(14-8-15)29-24(25(31)33-28-29)34-16(2)22(30)26-18-11-9-17(10-12-18)23-27-20-5-3-4-6-21(20)32-23/h3-14,16H,1-2H3,(H-,26,27,28,30,31). The first-order valence-electron chi connectivity index (χ1n) is 10.6. The lowest BCUT2D eigenvalue weighted by Crippen LogP contribution is -2.36. The summed E-state index contributed by atoms with van der Waals surface area (Å²) >= 11 is 1.09. The van der Waals surface area contributed by atoms with E-state index in [2.05, 4.69) is 15.6 Å². The molecule has 1 amide bonds. The molecule has 1 N–H and O–H groups in total. The number of hydrogen-bond donors (Lipinski definition) is 1. The summed E-state index contributed by atoms with van der Waals surface area (Å²) in [5.74, 6) is -0.331. The molecule has 8 nitrogen and oxygen atoms in total. The summed E-state index contributed by atoms with van der Waals surface area (Å²) in [4.78, 5) is 17.3. The van der Waals surface area contributed by atoms with E-state index >= 15 is 0 Å². The number of anilines is 1. The van der Waals surface area contributed by atoms with E-state index in [1.807, 2.05) is 67.6 Å². The Morgan fingerprint density at radius 2 is 1.79 bits per heavy atom. The fraction of sp³-hybridized carbons (Fsp3) is 0.120. The molecule has 1 atom stereocenters. The largest absolute Gasteiger partial charge is 0.538 e. The van der Waals surface area contributed by atoms with Crippen LogP contribution in [0.3, 0.4) is 0 Å². The van der Waals surface area contributed by atoms with Crippen LogP contribution in [0.1, 0.15) is 12.5 Å². The van der Waals surface area contributed by atoms with Crippen LogP contribution < -0.4 is 15.1 Å². The number of fused-ring (bicyclic) bond motifs is 1. The van der Waals surface area contributed by atoms with Crippen molar-refractivity contribution in [2.24, 2.45) is 0 Å². The fourth-order valence-electron chi connectivity index (χ4n) is 3.35. The van der Waals surface area contributed by atoms with Gasteiger partial charge in [0.05, 0.1) is 10.5 Å². The number of aryl methyl sites for hydroxylation is 1. The summed E-state index contributed by atoms with van der Waals surface area (Å²) in [6.45, 7) is 3.69. The minimum absolute atomic E-state index is 0.234. The highest BCUT2D eigenvalue weighted by atomic mass is 32.2. The number of para-hydroxylation sites is 2. The van der Waals surface area contributed by atoms with Crippen LogP contribution >= 0.6 is 11.8 Å². The molecule has 9 heteroatoms. The third kappa shape index (κ3) is 4.38. The van der Waals surface area contributed by atoms with Crippen molar-refractivity contribution >= 4 is 34.5 Å². The molecule has 0 bridgehead atoms. The van der Waals surface area contributed by atoms with Crippen molar-refractivity contribution < 1.29 is 23.5 Å². The summed E-state index contributed by atoms with van der Waals surface area (Å²) in [5.41, 5.74) is 4.69. The molecule has 2 heterocycles. The molecule has 0 saturated carbocycles. The second kappa shape index (κ2) is 9.03. The van der Waals surface area contributed by atoms with E-state index < -0.39 is 11.2 Å². The maximum atomic E-state index is 12.8. The molecule has 5 aromatic rings. The van der Waals surface area contributed by atoms with Gasteiger partial charge in [0, 0.05) is 23.4 Å². The van der Waals surface area contributed by atoms with Crippen molar-refractivity contribution in [3.05, 3.63) is 78.4 Å². The lowest BCUT2D eigenvalue weighted by molar-refractivity contribution is -0.705. The highest BCUT2D eigenvalue weighted by Crippen LogP contribution is 2.29. The number of carbonyl (C=O) groups excluding carboxylic acids is 1. The molecule has 2 aromatic heterocycles. The zero-order valence-electron chi connectivity index (χ0n) is 18.4. The number of oxazole rings is 1. The Kier molecular flexibility index (Phi) is 5.77. The van der Waals surface area contributed by atoms with Gasteiger partial charge in [-0.25, -0.2) is 4.98 Å². The van der Waals surface area contributed by atoms with Crippen LogP contribution in [0.15, 0.2) is 86.8 Å². The van der Waals surface area contributed by atoms with Crippen LogP contribution in [-0.4, -0.2) is 21.4 Å². The SMILES string of the molecule is Cc1ccc(-[n+]2noc([O-])c2SC(C)C(=O)Nc2ccc(-c3nc4ccccc4o3)cc2)cc1. The van der Waals surface area contributed by atoms with E-state index in [1.165, 1.54) is 4.68 Å². The van der Waals surface area contributed by atoms with Crippen molar-refractivity contribution in [3.63, 3.8) is 0 Å². The van der Waals surface area contributed by atoms with Crippen molar-refractivity contribution in [1.82, 2.24) is 10.3 Å². The molecule has 170 valence electrons. The van der Waals surface area contributed by atoms with Crippen molar-refractivity contribution in [2.75, 3.05) is 5.32 Å². The number of thioether (sulfide) groups is 1. The predicted octanol–water partition coefficient (Wildman–Crippen LogP) is 4.26. The molecular weight excluding hydrogens is 452 g/mol. The molecule has 3 aromatic carbocycles. The van der Waals surface area contributed by atoms with Crippen molar-refractivity contribution in [3.8, 4) is 23.1 Å². The lowest BCUT2D eigenvalue weighted by atomic mass is 10.2. The number of amides is 1. The number of nitrogens with zero attached hydrogens (tertiary/aromatic N) is 3. The first kappa shape index (κ1) is 21.7. The van der Waals surface area contributed by atoms with Gasteiger partial charge >= 0.3 is 0 Å². The quantitative estimate of drug-likeness (QED) is 0.291. The van der Waals surface area contributed by atoms with Crippen LogP contribution in [-0.2, 0) is 4.79 Å². The van der Waals surface area contributed by atoms with E-state index in [4.69, 9.17) is 8.94 Å². The molecule has 0 spiro atoms. The average molecular weight is 473 g/mol. The molecule has 1 unspecified atom stereocenters. The summed E-state index contributed by atoms with van der Waals surface area (Å²) in [5, 5.41) is 18.6. The summed E-state index contributed by atoms with van der Waals surface area (Å²) in [7, 11) is 0. The van der Waals surface area contributed by atoms with Gasteiger partial charge in [0.25, 0.3) is 5.03 Å². The van der Waals surface area contributed by atoms with Crippen LogP contribution in [0.4, 0.5) is 5.69 Å². The normalized spacial score (nSPS) is 12.1. The Balaban J connectivity index is 1.28. The zero-order valence-corrected chi connectivity index (χ0v) is 19.2. The van der Waals surface area contributed by atoms with Gasteiger partial charge in [0.1, 0.15) is 5.52 Å². The number of carbonyl (C=O) groups is 1. The summed E-state index contributed by atoms with van der Waals surface area (Å²) in [6.07, 6.45) is 0. The number of hydrogen-bond acceptors (Lipinski definition) is 7. The third-order valence-electron chi connectivity index (χ3n) is 5.20. The van der Waals surface area contributed by atoms with E-state index in [0.29, 0.717) is 17.3 Å². The van der Waals surface area contributed by atoms with Gasteiger partial charge in [-0.15, -0.1) is 0 Å². The van der Waals surface area contributed by atoms with Crippen molar-refractivity contribution in [1.29, 1.82) is 0 Å². The highest BCUT2D eigenvalue weighted by molar-refractivity contribution is 8.00. The first-order valence-corrected chi connectivity index (χ1v) is 11.5. The monoisotopic (exact) mass is 472 g/mol. The maximum absolute atomic E-state index is 12.8.